The average Bonchev–Trinajstić information content (AvgIpc) is 3.48. The van der Waals surface area contributed by atoms with E-state index in [1.165, 1.54) is 24.3 Å². The Labute approximate surface area is 208 Å². The first-order chi connectivity index (χ1) is 17.3. The van der Waals surface area contributed by atoms with Crippen LogP contribution in [0.25, 0.3) is 10.6 Å². The van der Waals surface area contributed by atoms with Crippen molar-refractivity contribution in [2.45, 2.75) is 31.2 Å². The van der Waals surface area contributed by atoms with Gasteiger partial charge >= 0.3 is 18.4 Å². The van der Waals surface area contributed by atoms with E-state index in [1.807, 2.05) is 5.32 Å². The van der Waals surface area contributed by atoms with E-state index >= 15 is 0 Å². The van der Waals surface area contributed by atoms with Crippen LogP contribution in [-0.4, -0.2) is 39.6 Å². The van der Waals surface area contributed by atoms with Crippen molar-refractivity contribution < 1.29 is 40.3 Å². The lowest BCUT2D eigenvalue weighted by Crippen LogP contribution is -2.45. The molecule has 1 aliphatic rings. The second kappa shape index (κ2) is 9.95. The number of likely N-dealkylation sites (tertiary alicyclic amines) is 1. The lowest BCUT2D eigenvalue weighted by Gasteiger charge is -2.24. The van der Waals surface area contributed by atoms with Crippen molar-refractivity contribution in [3.05, 3.63) is 59.4 Å². The van der Waals surface area contributed by atoms with Crippen LogP contribution in [-0.2, 0) is 17.1 Å². The van der Waals surface area contributed by atoms with Crippen LogP contribution in [0.4, 0.5) is 46.3 Å². The van der Waals surface area contributed by atoms with Gasteiger partial charge in [0.15, 0.2) is 0 Å². The molecule has 1 saturated heterocycles. The molecule has 2 heterocycles. The van der Waals surface area contributed by atoms with Gasteiger partial charge in [-0.05, 0) is 55.3 Å². The first kappa shape index (κ1) is 26.3. The fraction of sp³-hybridized carbons (Fsp3) is 0.273. The zero-order valence-corrected chi connectivity index (χ0v) is 19.3. The quantitative estimate of drug-likeness (QED) is 0.392. The van der Waals surface area contributed by atoms with Crippen molar-refractivity contribution in [3.8, 4) is 10.6 Å². The van der Waals surface area contributed by atoms with Gasteiger partial charge < -0.3 is 10.2 Å². The number of carbonyl (C=O) groups is 2. The summed E-state index contributed by atoms with van der Waals surface area (Å²) in [5.41, 5.74) is -3.32. The molecule has 4 rings (SSSR count). The number of aromatic nitrogens is 2. The van der Waals surface area contributed by atoms with Crippen molar-refractivity contribution >= 4 is 34.1 Å². The highest BCUT2D eigenvalue weighted by Gasteiger charge is 2.38. The predicted molar refractivity (Wildman–Crippen MR) is 119 cm³/mol. The summed E-state index contributed by atoms with van der Waals surface area (Å²) in [7, 11) is 0. The number of halogens is 7. The second-order valence-electron chi connectivity index (χ2n) is 7.98. The molecule has 3 amide bonds. The molecule has 2 aromatic carbocycles. The molecule has 1 atom stereocenters. The van der Waals surface area contributed by atoms with E-state index in [0.717, 1.165) is 16.2 Å². The molecule has 1 aromatic heterocycles. The van der Waals surface area contributed by atoms with Crippen LogP contribution < -0.4 is 10.6 Å². The molecule has 196 valence electrons. The smallest absolute Gasteiger partial charge is 0.312 e. The van der Waals surface area contributed by atoms with Gasteiger partial charge in [-0.2, -0.15) is 26.3 Å². The summed E-state index contributed by atoms with van der Waals surface area (Å²) in [6, 6.07) is 4.04. The summed E-state index contributed by atoms with van der Waals surface area (Å²) in [6.45, 7) is 0.0476. The van der Waals surface area contributed by atoms with Crippen LogP contribution in [0, 0.1) is 5.82 Å². The minimum absolute atomic E-state index is 0.0476. The molecule has 0 saturated carbocycles. The lowest BCUT2D eigenvalue weighted by atomic mass is 10.1. The third-order valence-corrected chi connectivity index (χ3v) is 6.29. The molecule has 1 aliphatic heterocycles. The first-order valence-corrected chi connectivity index (χ1v) is 11.4. The summed E-state index contributed by atoms with van der Waals surface area (Å²) in [4.78, 5) is 26.6. The van der Waals surface area contributed by atoms with Crippen LogP contribution in [0.5, 0.6) is 0 Å². The van der Waals surface area contributed by atoms with E-state index in [2.05, 4.69) is 15.5 Å². The third kappa shape index (κ3) is 6.15. The normalized spacial score (nSPS) is 16.1. The number of amides is 3. The van der Waals surface area contributed by atoms with Crippen molar-refractivity contribution in [2.75, 3.05) is 17.2 Å². The molecule has 0 bridgehead atoms. The predicted octanol–water partition coefficient (Wildman–Crippen LogP) is 6.02. The van der Waals surface area contributed by atoms with Gasteiger partial charge in [-0.1, -0.05) is 11.3 Å². The standard InChI is InChI=1S/C22H16F7N5O2S/c23-14-5-3-11(4-6-14)18-32-33-19(37-18)31-17(35)16-2-1-7-34(16)20(36)30-15-9-12(21(24,25)26)8-13(10-15)22(27,28)29/h3-6,8-10,16H,1-2,7H2,(H,30,36)(H,31,33,35). The van der Waals surface area contributed by atoms with E-state index in [4.69, 9.17) is 0 Å². The highest BCUT2D eigenvalue weighted by molar-refractivity contribution is 7.18. The van der Waals surface area contributed by atoms with E-state index < -0.39 is 53.0 Å². The van der Waals surface area contributed by atoms with E-state index in [9.17, 15) is 40.3 Å². The number of nitrogens with zero attached hydrogens (tertiary/aromatic N) is 3. The van der Waals surface area contributed by atoms with Gasteiger partial charge in [-0.25, -0.2) is 9.18 Å². The zero-order chi connectivity index (χ0) is 27.0. The van der Waals surface area contributed by atoms with Gasteiger partial charge in [0.05, 0.1) is 11.1 Å². The number of hydrogen-bond donors (Lipinski definition) is 2. The van der Waals surface area contributed by atoms with Gasteiger partial charge in [0.2, 0.25) is 11.0 Å². The summed E-state index contributed by atoms with van der Waals surface area (Å²) >= 11 is 0.990. The molecule has 0 aliphatic carbocycles. The molecule has 1 unspecified atom stereocenters. The van der Waals surface area contributed by atoms with E-state index in [1.54, 1.807) is 0 Å². The number of anilines is 2. The van der Waals surface area contributed by atoms with Gasteiger partial charge in [0.25, 0.3) is 0 Å². The molecular formula is C22H16F7N5O2S. The van der Waals surface area contributed by atoms with Crippen LogP contribution in [0.15, 0.2) is 42.5 Å². The Hall–Kier alpha value is -3.75. The fourth-order valence-electron chi connectivity index (χ4n) is 3.68. The fourth-order valence-corrected chi connectivity index (χ4v) is 4.43. The van der Waals surface area contributed by atoms with Crippen LogP contribution in [0.2, 0.25) is 0 Å². The monoisotopic (exact) mass is 547 g/mol. The molecule has 7 nitrogen and oxygen atoms in total. The largest absolute Gasteiger partial charge is 0.416 e. The maximum absolute atomic E-state index is 13.1. The van der Waals surface area contributed by atoms with Gasteiger partial charge in [-0.3, -0.25) is 10.1 Å². The SMILES string of the molecule is O=C(Nc1nnc(-c2ccc(F)cc2)s1)C1CCCN1C(=O)Nc1cc(C(F)(F)F)cc(C(F)(F)F)c1. The van der Waals surface area contributed by atoms with E-state index in [-0.39, 0.29) is 24.2 Å². The second-order valence-corrected chi connectivity index (χ2v) is 8.96. The number of benzene rings is 2. The Morgan fingerprint density at radius 1 is 0.919 bits per heavy atom. The summed E-state index contributed by atoms with van der Waals surface area (Å²) in [5, 5.41) is 12.8. The molecule has 0 radical (unpaired) electrons. The highest BCUT2D eigenvalue weighted by Crippen LogP contribution is 2.38. The number of nitrogens with one attached hydrogen (secondary N) is 2. The van der Waals surface area contributed by atoms with Crippen LogP contribution in [0.1, 0.15) is 24.0 Å². The molecule has 3 aromatic rings. The molecule has 37 heavy (non-hydrogen) atoms. The molecule has 15 heteroatoms. The molecule has 2 N–H and O–H groups in total. The highest BCUT2D eigenvalue weighted by atomic mass is 32.1. The minimum Gasteiger partial charge on any atom is -0.312 e. The Bertz CT molecular complexity index is 1280. The third-order valence-electron chi connectivity index (χ3n) is 5.40. The topological polar surface area (TPSA) is 87.2 Å². The van der Waals surface area contributed by atoms with Gasteiger partial charge in [-0.15, -0.1) is 10.2 Å². The Kier molecular flexibility index (Phi) is 7.08. The lowest BCUT2D eigenvalue weighted by molar-refractivity contribution is -0.143. The van der Waals surface area contributed by atoms with Crippen LogP contribution in [0.3, 0.4) is 0 Å². The average molecular weight is 547 g/mol. The zero-order valence-electron chi connectivity index (χ0n) is 18.5. The number of alkyl halides is 6. The van der Waals surface area contributed by atoms with Crippen molar-refractivity contribution in [1.82, 2.24) is 15.1 Å². The Morgan fingerprint density at radius 2 is 1.54 bits per heavy atom. The van der Waals surface area contributed by atoms with Crippen molar-refractivity contribution in [2.24, 2.45) is 0 Å². The van der Waals surface area contributed by atoms with Crippen LogP contribution >= 0.6 is 11.3 Å². The number of carbonyl (C=O) groups excluding carboxylic acids is 2. The summed E-state index contributed by atoms with van der Waals surface area (Å²) < 4.78 is 91.8. The molecular weight excluding hydrogens is 531 g/mol. The molecule has 1 fully saturated rings. The first-order valence-electron chi connectivity index (χ1n) is 10.6. The molecule has 0 spiro atoms. The maximum atomic E-state index is 13.1. The van der Waals surface area contributed by atoms with Crippen molar-refractivity contribution in [1.29, 1.82) is 0 Å². The summed E-state index contributed by atoms with van der Waals surface area (Å²) in [6.07, 6.45) is -9.57. The maximum Gasteiger partial charge on any atom is 0.416 e. The Balaban J connectivity index is 1.47. The van der Waals surface area contributed by atoms with Gasteiger partial charge in [0.1, 0.15) is 16.9 Å². The Morgan fingerprint density at radius 3 is 2.14 bits per heavy atom. The minimum atomic E-state index is -5.08. The number of urea groups is 1. The number of rotatable bonds is 4. The summed E-state index contributed by atoms with van der Waals surface area (Å²) in [5.74, 6) is -1.10. The van der Waals surface area contributed by atoms with E-state index in [0.29, 0.717) is 29.1 Å². The van der Waals surface area contributed by atoms with Crippen molar-refractivity contribution in [3.63, 3.8) is 0 Å². The number of hydrogen-bond acceptors (Lipinski definition) is 5. The van der Waals surface area contributed by atoms with Gasteiger partial charge in [0, 0.05) is 17.8 Å².